The van der Waals surface area contributed by atoms with E-state index in [0.717, 1.165) is 17.2 Å². The van der Waals surface area contributed by atoms with Crippen LogP contribution in [0.4, 0.5) is 23.3 Å². The van der Waals surface area contributed by atoms with E-state index in [1.54, 1.807) is 18.3 Å². The van der Waals surface area contributed by atoms with Crippen molar-refractivity contribution in [2.24, 2.45) is 0 Å². The Balaban J connectivity index is 1.77. The van der Waals surface area contributed by atoms with Gasteiger partial charge in [0.2, 0.25) is 5.95 Å². The van der Waals surface area contributed by atoms with Crippen LogP contribution in [0, 0.1) is 6.92 Å². The number of hydrogen-bond donors (Lipinski definition) is 2. The lowest BCUT2D eigenvalue weighted by molar-refractivity contribution is 0.244. The number of benzene rings is 1. The Hall–Kier alpha value is -3.09. The lowest BCUT2D eigenvalue weighted by atomic mass is 10.3. The molecule has 2 heterocycles. The summed E-state index contributed by atoms with van der Waals surface area (Å²) in [5, 5.41) is 10.1. The maximum absolute atomic E-state index is 5.79. The molecule has 1 aromatic carbocycles. The second kappa shape index (κ2) is 6.99. The normalized spacial score (nSPS) is 10.7. The molecule has 124 valence electrons. The van der Waals surface area contributed by atoms with Gasteiger partial charge in [-0.1, -0.05) is 17.3 Å². The summed E-state index contributed by atoms with van der Waals surface area (Å²) < 4.78 is 10.8. The molecular weight excluding hydrogens is 306 g/mol. The van der Waals surface area contributed by atoms with Crippen molar-refractivity contribution in [2.75, 3.05) is 10.6 Å². The van der Waals surface area contributed by atoms with Gasteiger partial charge in [0, 0.05) is 12.3 Å². The van der Waals surface area contributed by atoms with E-state index in [1.165, 1.54) is 0 Å². The van der Waals surface area contributed by atoms with Crippen LogP contribution in [0.3, 0.4) is 0 Å². The number of hydrogen-bond acceptors (Lipinski definition) is 7. The summed E-state index contributed by atoms with van der Waals surface area (Å²) in [4.78, 5) is 8.66. The van der Waals surface area contributed by atoms with Crippen molar-refractivity contribution in [3.8, 4) is 5.75 Å². The van der Waals surface area contributed by atoms with Gasteiger partial charge in [0.15, 0.2) is 5.82 Å². The third-order valence-electron chi connectivity index (χ3n) is 3.04. The van der Waals surface area contributed by atoms with E-state index >= 15 is 0 Å². The standard InChI is InChI=1S/C17H19N5O2/c1-11(2)23-14-7-5-4-6-13(14)19-17-18-9-8-15(21-17)20-16-10-12(3)24-22-16/h4-11H,1-3H3,(H2,18,19,20,21,22). The highest BCUT2D eigenvalue weighted by Gasteiger charge is 2.08. The fourth-order valence-electron chi connectivity index (χ4n) is 2.09. The molecule has 3 aromatic rings. The van der Waals surface area contributed by atoms with Gasteiger partial charge in [-0.05, 0) is 39.0 Å². The van der Waals surface area contributed by atoms with Crippen LogP contribution in [-0.4, -0.2) is 21.2 Å². The van der Waals surface area contributed by atoms with Crippen molar-refractivity contribution in [2.45, 2.75) is 26.9 Å². The molecule has 2 aromatic heterocycles. The molecule has 0 atom stereocenters. The van der Waals surface area contributed by atoms with Crippen molar-refractivity contribution in [1.29, 1.82) is 0 Å². The number of aryl methyl sites for hydroxylation is 1. The predicted molar refractivity (Wildman–Crippen MR) is 92.0 cm³/mol. The summed E-state index contributed by atoms with van der Waals surface area (Å²) in [6.45, 7) is 5.80. The Morgan fingerprint density at radius 1 is 1.08 bits per heavy atom. The highest BCUT2D eigenvalue weighted by molar-refractivity contribution is 5.63. The first-order valence-electron chi connectivity index (χ1n) is 7.66. The van der Waals surface area contributed by atoms with Gasteiger partial charge in [-0.3, -0.25) is 0 Å². The number of aromatic nitrogens is 3. The van der Waals surface area contributed by atoms with E-state index in [0.29, 0.717) is 17.6 Å². The van der Waals surface area contributed by atoms with Crippen molar-refractivity contribution < 1.29 is 9.26 Å². The molecule has 2 N–H and O–H groups in total. The third kappa shape index (κ3) is 4.01. The fraction of sp³-hybridized carbons (Fsp3) is 0.235. The monoisotopic (exact) mass is 325 g/mol. The molecule has 7 heteroatoms. The minimum absolute atomic E-state index is 0.0808. The summed E-state index contributed by atoms with van der Waals surface area (Å²) in [6.07, 6.45) is 1.74. The molecule has 0 bridgehead atoms. The molecule has 7 nitrogen and oxygen atoms in total. The molecule has 0 fully saturated rings. The van der Waals surface area contributed by atoms with Gasteiger partial charge in [-0.2, -0.15) is 4.98 Å². The van der Waals surface area contributed by atoms with Crippen LogP contribution in [0.1, 0.15) is 19.6 Å². The molecule has 0 aliphatic heterocycles. The predicted octanol–water partition coefficient (Wildman–Crippen LogP) is 4.05. The Bertz CT molecular complexity index is 816. The van der Waals surface area contributed by atoms with Crippen molar-refractivity contribution in [3.63, 3.8) is 0 Å². The third-order valence-corrected chi connectivity index (χ3v) is 3.04. The zero-order chi connectivity index (χ0) is 16.9. The average molecular weight is 325 g/mol. The zero-order valence-electron chi connectivity index (χ0n) is 13.8. The summed E-state index contributed by atoms with van der Waals surface area (Å²) in [5.74, 6) is 3.15. The van der Waals surface area contributed by atoms with Crippen LogP contribution in [0.15, 0.2) is 47.1 Å². The van der Waals surface area contributed by atoms with E-state index in [9.17, 15) is 0 Å². The zero-order valence-corrected chi connectivity index (χ0v) is 13.8. The lowest BCUT2D eigenvalue weighted by Crippen LogP contribution is -2.08. The first-order chi connectivity index (χ1) is 11.6. The molecule has 0 spiro atoms. The van der Waals surface area contributed by atoms with Crippen molar-refractivity contribution in [3.05, 3.63) is 48.4 Å². The quantitative estimate of drug-likeness (QED) is 0.707. The maximum atomic E-state index is 5.79. The summed E-state index contributed by atoms with van der Waals surface area (Å²) in [6, 6.07) is 11.2. The number of rotatable bonds is 6. The summed E-state index contributed by atoms with van der Waals surface area (Å²) in [5.41, 5.74) is 0.806. The van der Waals surface area contributed by atoms with Crippen molar-refractivity contribution in [1.82, 2.24) is 15.1 Å². The molecule has 0 unspecified atom stereocenters. The number of nitrogens with one attached hydrogen (secondary N) is 2. The lowest BCUT2D eigenvalue weighted by Gasteiger charge is -2.14. The molecule has 24 heavy (non-hydrogen) atoms. The highest BCUT2D eigenvalue weighted by atomic mass is 16.5. The molecule has 0 saturated carbocycles. The van der Waals surface area contributed by atoms with Crippen LogP contribution >= 0.6 is 0 Å². The second-order valence-electron chi connectivity index (χ2n) is 5.50. The number of para-hydroxylation sites is 2. The van der Waals surface area contributed by atoms with E-state index in [4.69, 9.17) is 9.26 Å². The van der Waals surface area contributed by atoms with Gasteiger partial charge < -0.3 is 19.9 Å². The topological polar surface area (TPSA) is 85.1 Å². The average Bonchev–Trinajstić information content (AvgIpc) is 2.94. The van der Waals surface area contributed by atoms with Crippen LogP contribution in [-0.2, 0) is 0 Å². The molecule has 0 saturated heterocycles. The van der Waals surface area contributed by atoms with Crippen LogP contribution in [0.2, 0.25) is 0 Å². The van der Waals surface area contributed by atoms with E-state index in [-0.39, 0.29) is 6.10 Å². The van der Waals surface area contributed by atoms with E-state index in [2.05, 4.69) is 25.8 Å². The molecule has 0 aliphatic rings. The number of ether oxygens (including phenoxy) is 1. The molecule has 0 aliphatic carbocycles. The maximum Gasteiger partial charge on any atom is 0.229 e. The van der Waals surface area contributed by atoms with Gasteiger partial charge in [0.1, 0.15) is 17.3 Å². The van der Waals surface area contributed by atoms with Gasteiger partial charge in [0.05, 0.1) is 11.8 Å². The summed E-state index contributed by atoms with van der Waals surface area (Å²) in [7, 11) is 0. The Kier molecular flexibility index (Phi) is 4.60. The second-order valence-corrected chi connectivity index (χ2v) is 5.50. The van der Waals surface area contributed by atoms with Gasteiger partial charge in [-0.25, -0.2) is 4.98 Å². The highest BCUT2D eigenvalue weighted by Crippen LogP contribution is 2.27. The van der Waals surface area contributed by atoms with E-state index in [1.807, 2.05) is 45.0 Å². The molecule has 3 rings (SSSR count). The van der Waals surface area contributed by atoms with Crippen molar-refractivity contribution >= 4 is 23.3 Å². The Labute approximate surface area is 140 Å². The minimum Gasteiger partial charge on any atom is -0.489 e. The summed E-state index contributed by atoms with van der Waals surface area (Å²) >= 11 is 0. The minimum atomic E-state index is 0.0808. The SMILES string of the molecule is Cc1cc(Nc2ccnc(Nc3ccccc3OC(C)C)n2)no1. The smallest absolute Gasteiger partial charge is 0.229 e. The molecular formula is C17H19N5O2. The Morgan fingerprint density at radius 2 is 1.92 bits per heavy atom. The van der Waals surface area contributed by atoms with Gasteiger partial charge in [-0.15, -0.1) is 0 Å². The molecule has 0 radical (unpaired) electrons. The number of nitrogens with zero attached hydrogens (tertiary/aromatic N) is 3. The van der Waals surface area contributed by atoms with Crippen LogP contribution in [0.25, 0.3) is 0 Å². The fourth-order valence-corrected chi connectivity index (χ4v) is 2.09. The van der Waals surface area contributed by atoms with E-state index < -0.39 is 0 Å². The van der Waals surface area contributed by atoms with Gasteiger partial charge in [0.25, 0.3) is 0 Å². The first-order valence-corrected chi connectivity index (χ1v) is 7.66. The van der Waals surface area contributed by atoms with Crippen LogP contribution < -0.4 is 15.4 Å². The van der Waals surface area contributed by atoms with Crippen LogP contribution in [0.5, 0.6) is 5.75 Å². The molecule has 0 amide bonds. The Morgan fingerprint density at radius 3 is 2.67 bits per heavy atom. The number of anilines is 4. The largest absolute Gasteiger partial charge is 0.489 e. The first kappa shape index (κ1) is 15.8. The van der Waals surface area contributed by atoms with Gasteiger partial charge >= 0.3 is 0 Å².